The molecule has 1 aromatic carbocycles. The lowest BCUT2D eigenvalue weighted by Crippen LogP contribution is -2.63. The van der Waals surface area contributed by atoms with Gasteiger partial charge < -0.3 is 24.2 Å². The van der Waals surface area contributed by atoms with Crippen LogP contribution in [0, 0.1) is 5.41 Å². The highest BCUT2D eigenvalue weighted by molar-refractivity contribution is 6.45. The van der Waals surface area contributed by atoms with E-state index in [1.165, 1.54) is 0 Å². The van der Waals surface area contributed by atoms with Crippen molar-refractivity contribution < 1.29 is 24.1 Å². The molecule has 148 valence electrons. The van der Waals surface area contributed by atoms with E-state index in [0.29, 0.717) is 26.2 Å². The number of carbonyl (C=O) groups excluding carboxylic acids is 2. The number of amides is 1. The molecular weight excluding hydrogens is 347 g/mol. The molecule has 1 fully saturated rings. The monoisotopic (exact) mass is 376 g/mol. The zero-order chi connectivity index (χ0) is 20.0. The van der Waals surface area contributed by atoms with Gasteiger partial charge in [0.2, 0.25) is 5.91 Å². The van der Waals surface area contributed by atoms with Crippen LogP contribution < -0.4 is 4.74 Å². The van der Waals surface area contributed by atoms with Gasteiger partial charge in [-0.2, -0.15) is 0 Å². The van der Waals surface area contributed by atoms with E-state index in [1.807, 2.05) is 29.1 Å². The Morgan fingerprint density at radius 3 is 2.44 bits per heavy atom. The van der Waals surface area contributed by atoms with Gasteiger partial charge in [0.05, 0.1) is 13.7 Å². The zero-order valence-electron chi connectivity index (χ0n) is 16.6. The molecule has 0 spiro atoms. The van der Waals surface area contributed by atoms with Crippen molar-refractivity contribution in [2.45, 2.75) is 33.6 Å². The van der Waals surface area contributed by atoms with Gasteiger partial charge in [0.25, 0.3) is 0 Å². The van der Waals surface area contributed by atoms with E-state index in [0.717, 1.165) is 11.3 Å². The van der Waals surface area contributed by atoms with Crippen LogP contribution in [-0.2, 0) is 20.9 Å². The minimum absolute atomic E-state index is 0.117. The van der Waals surface area contributed by atoms with Crippen LogP contribution in [0.5, 0.6) is 5.75 Å². The average Bonchev–Trinajstić information content (AvgIpc) is 2.59. The van der Waals surface area contributed by atoms with Crippen molar-refractivity contribution in [3.05, 3.63) is 29.8 Å². The predicted molar refractivity (Wildman–Crippen MR) is 103 cm³/mol. The fourth-order valence-corrected chi connectivity index (χ4v) is 3.39. The van der Waals surface area contributed by atoms with Crippen molar-refractivity contribution in [1.29, 1.82) is 0 Å². The van der Waals surface area contributed by atoms with E-state index in [4.69, 9.17) is 9.47 Å². The number of benzene rings is 1. The van der Waals surface area contributed by atoms with Crippen LogP contribution in [0.4, 0.5) is 0 Å². The van der Waals surface area contributed by atoms with Crippen LogP contribution in [0.2, 0.25) is 6.82 Å². The third-order valence-corrected chi connectivity index (χ3v) is 4.76. The fraction of sp³-hybridized carbons (Fsp3) is 0.579. The van der Waals surface area contributed by atoms with Crippen LogP contribution >= 0.6 is 0 Å². The maximum absolute atomic E-state index is 12.7. The lowest BCUT2D eigenvalue weighted by molar-refractivity contribution is -0.149. The number of hydrogen-bond donors (Lipinski definition) is 1. The fourth-order valence-electron chi connectivity index (χ4n) is 3.39. The van der Waals surface area contributed by atoms with Crippen LogP contribution in [0.15, 0.2) is 24.3 Å². The van der Waals surface area contributed by atoms with Crippen molar-refractivity contribution >= 4 is 18.9 Å². The summed E-state index contributed by atoms with van der Waals surface area (Å²) in [5.41, 5.74) is 0.844. The highest BCUT2D eigenvalue weighted by Crippen LogP contribution is 2.32. The SMILES string of the molecule is CCOC(=O)CC(=O)N(Cc1ccc(OC)cc1)CC1(C)CN(B(C)O)C1. The summed E-state index contributed by atoms with van der Waals surface area (Å²) in [6.45, 7) is 8.13. The molecular formula is C19H29BN2O5. The maximum atomic E-state index is 12.7. The summed E-state index contributed by atoms with van der Waals surface area (Å²) in [6.07, 6.45) is -0.264. The molecule has 8 heteroatoms. The smallest absolute Gasteiger partial charge is 0.376 e. The number of carbonyl (C=O) groups is 2. The Labute approximate surface area is 161 Å². The summed E-state index contributed by atoms with van der Waals surface area (Å²) in [6, 6.07) is 7.52. The van der Waals surface area contributed by atoms with E-state index >= 15 is 0 Å². The molecule has 0 radical (unpaired) electrons. The molecule has 0 saturated carbocycles. The summed E-state index contributed by atoms with van der Waals surface area (Å²) in [5, 5.41) is 9.68. The first-order valence-corrected chi connectivity index (χ1v) is 9.25. The summed E-state index contributed by atoms with van der Waals surface area (Å²) >= 11 is 0. The average molecular weight is 376 g/mol. The predicted octanol–water partition coefficient (Wildman–Crippen LogP) is 1.41. The molecule has 1 aromatic rings. The zero-order valence-corrected chi connectivity index (χ0v) is 16.6. The normalized spacial score (nSPS) is 15.6. The Hall–Kier alpha value is -2.06. The van der Waals surface area contributed by atoms with Crippen molar-refractivity contribution in [3.63, 3.8) is 0 Å². The van der Waals surface area contributed by atoms with Gasteiger partial charge >= 0.3 is 13.0 Å². The molecule has 1 N–H and O–H groups in total. The molecule has 0 aromatic heterocycles. The van der Waals surface area contributed by atoms with Crippen LogP contribution in [-0.4, -0.2) is 67.0 Å². The minimum atomic E-state index is -0.508. The van der Waals surface area contributed by atoms with Gasteiger partial charge in [0.15, 0.2) is 0 Å². The molecule has 2 rings (SSSR count). The first-order valence-electron chi connectivity index (χ1n) is 9.25. The summed E-state index contributed by atoms with van der Waals surface area (Å²) in [4.78, 5) is 28.1. The van der Waals surface area contributed by atoms with Gasteiger partial charge in [-0.25, -0.2) is 0 Å². The van der Waals surface area contributed by atoms with Gasteiger partial charge in [-0.3, -0.25) is 9.59 Å². The van der Waals surface area contributed by atoms with Crippen LogP contribution in [0.25, 0.3) is 0 Å². The number of hydrogen-bond acceptors (Lipinski definition) is 6. The van der Waals surface area contributed by atoms with E-state index in [1.54, 1.807) is 25.8 Å². The van der Waals surface area contributed by atoms with Crippen molar-refractivity contribution in [2.24, 2.45) is 5.41 Å². The van der Waals surface area contributed by atoms with E-state index < -0.39 is 13.0 Å². The second-order valence-corrected chi connectivity index (χ2v) is 7.43. The molecule has 0 atom stereocenters. The summed E-state index contributed by atoms with van der Waals surface area (Å²) < 4.78 is 10.1. The molecule has 1 saturated heterocycles. The number of rotatable bonds is 9. The Morgan fingerprint density at radius 2 is 1.93 bits per heavy atom. The molecule has 0 aliphatic carbocycles. The maximum Gasteiger partial charge on any atom is 0.376 e. The molecule has 1 amide bonds. The number of ether oxygens (including phenoxy) is 2. The van der Waals surface area contributed by atoms with Gasteiger partial charge in [-0.1, -0.05) is 19.1 Å². The molecule has 27 heavy (non-hydrogen) atoms. The largest absolute Gasteiger partial charge is 0.497 e. The first kappa shape index (κ1) is 21.2. The summed E-state index contributed by atoms with van der Waals surface area (Å²) in [5.74, 6) is -0.00531. The van der Waals surface area contributed by atoms with Crippen molar-refractivity contribution in [2.75, 3.05) is 33.4 Å². The molecule has 7 nitrogen and oxygen atoms in total. The highest BCUT2D eigenvalue weighted by Gasteiger charge is 2.43. The van der Waals surface area contributed by atoms with E-state index in [-0.39, 0.29) is 24.3 Å². The quantitative estimate of drug-likeness (QED) is 0.399. The Kier molecular flexibility index (Phi) is 7.27. The van der Waals surface area contributed by atoms with Crippen molar-refractivity contribution in [1.82, 2.24) is 9.71 Å². The molecule has 1 aliphatic heterocycles. The Bertz CT molecular complexity index is 644. The second-order valence-electron chi connectivity index (χ2n) is 7.43. The lowest BCUT2D eigenvalue weighted by Gasteiger charge is -2.51. The van der Waals surface area contributed by atoms with Gasteiger partial charge in [0.1, 0.15) is 12.2 Å². The Morgan fingerprint density at radius 1 is 1.30 bits per heavy atom. The molecule has 0 unspecified atom stereocenters. The number of nitrogens with zero attached hydrogens (tertiary/aromatic N) is 2. The molecule has 0 bridgehead atoms. The van der Waals surface area contributed by atoms with Gasteiger partial charge in [-0.05, 0) is 44.5 Å². The number of esters is 1. The summed E-state index contributed by atoms with van der Waals surface area (Å²) in [7, 11) is 1.11. The Balaban J connectivity index is 2.07. The highest BCUT2D eigenvalue weighted by atomic mass is 16.5. The topological polar surface area (TPSA) is 79.3 Å². The molecule has 1 aliphatic rings. The molecule has 1 heterocycles. The third-order valence-electron chi connectivity index (χ3n) is 4.76. The lowest BCUT2D eigenvalue weighted by atomic mass is 9.71. The number of methoxy groups -OCH3 is 1. The van der Waals surface area contributed by atoms with E-state index in [2.05, 4.69) is 6.92 Å². The van der Waals surface area contributed by atoms with Crippen LogP contribution in [0.1, 0.15) is 25.8 Å². The standard InChI is InChI=1S/C19H29BN2O5/c1-5-27-18(24)10-17(23)21(11-15-6-8-16(26-4)9-7-15)12-19(2)13-22(14-19)20(3)25/h6-9,25H,5,10-14H2,1-4H3. The second kappa shape index (κ2) is 9.24. The van der Waals surface area contributed by atoms with Gasteiger partial charge in [-0.15, -0.1) is 0 Å². The van der Waals surface area contributed by atoms with Crippen molar-refractivity contribution in [3.8, 4) is 5.75 Å². The first-order chi connectivity index (χ1) is 12.8. The van der Waals surface area contributed by atoms with E-state index in [9.17, 15) is 14.6 Å². The van der Waals surface area contributed by atoms with Crippen LogP contribution in [0.3, 0.4) is 0 Å². The third kappa shape index (κ3) is 5.97. The minimum Gasteiger partial charge on any atom is -0.497 e. The van der Waals surface area contributed by atoms with Gasteiger partial charge in [0, 0.05) is 18.5 Å².